The number of carbonyl (C=O) groups excluding carboxylic acids is 2. The lowest BCUT2D eigenvalue weighted by molar-refractivity contribution is -0.122. The summed E-state index contributed by atoms with van der Waals surface area (Å²) < 4.78 is 5.48. The Morgan fingerprint density at radius 3 is 2.40 bits per heavy atom. The van der Waals surface area contributed by atoms with Gasteiger partial charge >= 0.3 is 0 Å². The van der Waals surface area contributed by atoms with Crippen molar-refractivity contribution < 1.29 is 14.3 Å². The zero-order valence-electron chi connectivity index (χ0n) is 15.5. The third-order valence-electron chi connectivity index (χ3n) is 4.48. The standard InChI is InChI=1S/C20H30N2O3/c1-14(2)16-6-8-17(9-7-16)22-20(24)12-15(3)11-19(23)21-13-18-5-4-10-25-18/h6-9,14-15,18H,4-5,10-13H2,1-3H3,(H,21,23)(H,22,24)/t15-,18+/m1/s1. The number of hydrogen-bond acceptors (Lipinski definition) is 3. The molecule has 0 bridgehead atoms. The maximum Gasteiger partial charge on any atom is 0.224 e. The van der Waals surface area contributed by atoms with Gasteiger partial charge in [-0.05, 0) is 42.4 Å². The summed E-state index contributed by atoms with van der Waals surface area (Å²) in [5.41, 5.74) is 2.04. The van der Waals surface area contributed by atoms with Gasteiger partial charge in [-0.15, -0.1) is 0 Å². The first kappa shape index (κ1) is 19.4. The number of ether oxygens (including phenoxy) is 1. The number of benzene rings is 1. The Kier molecular flexibility index (Phi) is 7.44. The van der Waals surface area contributed by atoms with Crippen LogP contribution in [0.25, 0.3) is 0 Å². The van der Waals surface area contributed by atoms with E-state index in [-0.39, 0.29) is 23.8 Å². The average molecular weight is 346 g/mol. The summed E-state index contributed by atoms with van der Waals surface area (Å²) >= 11 is 0. The Hall–Kier alpha value is -1.88. The minimum absolute atomic E-state index is 0.000524. The Morgan fingerprint density at radius 2 is 1.80 bits per heavy atom. The minimum Gasteiger partial charge on any atom is -0.376 e. The quantitative estimate of drug-likeness (QED) is 0.757. The molecule has 1 aromatic carbocycles. The topological polar surface area (TPSA) is 67.4 Å². The van der Waals surface area contributed by atoms with Crippen LogP contribution in [0.2, 0.25) is 0 Å². The first-order chi connectivity index (χ1) is 11.9. The van der Waals surface area contributed by atoms with E-state index in [0.717, 1.165) is 25.1 Å². The molecule has 0 unspecified atom stereocenters. The van der Waals surface area contributed by atoms with Crippen molar-refractivity contribution in [2.75, 3.05) is 18.5 Å². The maximum absolute atomic E-state index is 12.1. The van der Waals surface area contributed by atoms with Crippen LogP contribution >= 0.6 is 0 Å². The smallest absolute Gasteiger partial charge is 0.224 e. The fourth-order valence-electron chi connectivity index (χ4n) is 2.97. The monoisotopic (exact) mass is 346 g/mol. The molecule has 1 aliphatic rings. The Bertz CT molecular complexity index is 563. The summed E-state index contributed by atoms with van der Waals surface area (Å²) in [5, 5.41) is 5.80. The van der Waals surface area contributed by atoms with Gasteiger partial charge in [0.2, 0.25) is 11.8 Å². The van der Waals surface area contributed by atoms with Gasteiger partial charge in [0.1, 0.15) is 0 Å². The first-order valence-electron chi connectivity index (χ1n) is 9.22. The van der Waals surface area contributed by atoms with E-state index in [1.165, 1.54) is 5.56 Å². The molecular formula is C20H30N2O3. The molecule has 5 heteroatoms. The van der Waals surface area contributed by atoms with Crippen LogP contribution in [0.15, 0.2) is 24.3 Å². The Labute approximate surface area is 150 Å². The Morgan fingerprint density at radius 1 is 1.12 bits per heavy atom. The third kappa shape index (κ3) is 6.86. The van der Waals surface area contributed by atoms with Gasteiger partial charge in [0.05, 0.1) is 6.10 Å². The molecule has 0 saturated carbocycles. The molecule has 1 saturated heterocycles. The van der Waals surface area contributed by atoms with Crippen LogP contribution in [0, 0.1) is 5.92 Å². The van der Waals surface area contributed by atoms with Crippen LogP contribution in [-0.2, 0) is 14.3 Å². The van der Waals surface area contributed by atoms with Gasteiger partial charge in [-0.25, -0.2) is 0 Å². The van der Waals surface area contributed by atoms with Crippen molar-refractivity contribution in [2.24, 2.45) is 5.92 Å². The van der Waals surface area contributed by atoms with Crippen molar-refractivity contribution in [1.29, 1.82) is 0 Å². The van der Waals surface area contributed by atoms with E-state index in [0.29, 0.717) is 25.3 Å². The molecule has 2 N–H and O–H groups in total. The first-order valence-corrected chi connectivity index (χ1v) is 9.22. The van der Waals surface area contributed by atoms with Crippen LogP contribution in [0.4, 0.5) is 5.69 Å². The van der Waals surface area contributed by atoms with Gasteiger partial charge in [-0.2, -0.15) is 0 Å². The molecule has 0 aliphatic carbocycles. The van der Waals surface area contributed by atoms with Crippen molar-refractivity contribution >= 4 is 17.5 Å². The molecule has 1 heterocycles. The van der Waals surface area contributed by atoms with E-state index in [4.69, 9.17) is 4.74 Å². The van der Waals surface area contributed by atoms with Gasteiger partial charge in [0, 0.05) is 31.7 Å². The molecule has 138 valence electrons. The summed E-state index contributed by atoms with van der Waals surface area (Å²) in [6.45, 7) is 7.56. The molecule has 0 aromatic heterocycles. The lowest BCUT2D eigenvalue weighted by Gasteiger charge is -2.14. The molecule has 0 spiro atoms. The highest BCUT2D eigenvalue weighted by molar-refractivity contribution is 5.91. The average Bonchev–Trinajstić information content (AvgIpc) is 3.06. The molecule has 2 atom stereocenters. The van der Waals surface area contributed by atoms with Gasteiger partial charge in [0.15, 0.2) is 0 Å². The molecule has 0 radical (unpaired) electrons. The summed E-state index contributed by atoms with van der Waals surface area (Å²) in [7, 11) is 0. The number of hydrogen-bond donors (Lipinski definition) is 2. The third-order valence-corrected chi connectivity index (χ3v) is 4.48. The lowest BCUT2D eigenvalue weighted by atomic mass is 10.0. The number of anilines is 1. The predicted molar refractivity (Wildman–Crippen MR) is 99.5 cm³/mol. The summed E-state index contributed by atoms with van der Waals surface area (Å²) in [5.74, 6) is 0.395. The maximum atomic E-state index is 12.1. The van der Waals surface area contributed by atoms with E-state index in [1.54, 1.807) is 0 Å². The molecule has 2 rings (SSSR count). The highest BCUT2D eigenvalue weighted by atomic mass is 16.5. The van der Waals surface area contributed by atoms with Gasteiger partial charge in [-0.3, -0.25) is 9.59 Å². The van der Waals surface area contributed by atoms with Crippen LogP contribution in [0.3, 0.4) is 0 Å². The minimum atomic E-state index is -0.0586. The van der Waals surface area contributed by atoms with E-state index < -0.39 is 0 Å². The molecule has 1 fully saturated rings. The summed E-state index contributed by atoms with van der Waals surface area (Å²) in [6, 6.07) is 7.91. The predicted octanol–water partition coefficient (Wildman–Crippen LogP) is 3.46. The zero-order valence-corrected chi connectivity index (χ0v) is 15.5. The second-order valence-corrected chi connectivity index (χ2v) is 7.28. The number of carbonyl (C=O) groups is 2. The normalized spacial score (nSPS) is 18.2. The van der Waals surface area contributed by atoms with E-state index in [9.17, 15) is 9.59 Å². The summed E-state index contributed by atoms with van der Waals surface area (Å²) in [4.78, 5) is 24.1. The van der Waals surface area contributed by atoms with E-state index in [1.807, 2.05) is 31.2 Å². The molecule has 1 aromatic rings. The number of rotatable bonds is 8. The lowest BCUT2D eigenvalue weighted by Crippen LogP contribution is -2.33. The molecular weight excluding hydrogens is 316 g/mol. The van der Waals surface area contributed by atoms with Crippen LogP contribution in [0.1, 0.15) is 57.9 Å². The van der Waals surface area contributed by atoms with Crippen molar-refractivity contribution in [3.8, 4) is 0 Å². The SMILES string of the molecule is CC(C)c1ccc(NC(=O)C[C@H](C)CC(=O)NC[C@@H]2CCCO2)cc1. The van der Waals surface area contributed by atoms with Crippen molar-refractivity contribution in [2.45, 2.75) is 58.5 Å². The second-order valence-electron chi connectivity index (χ2n) is 7.28. The van der Waals surface area contributed by atoms with Crippen molar-refractivity contribution in [3.05, 3.63) is 29.8 Å². The fourth-order valence-corrected chi connectivity index (χ4v) is 2.97. The highest BCUT2D eigenvalue weighted by Gasteiger charge is 2.18. The Balaban J connectivity index is 1.68. The van der Waals surface area contributed by atoms with Crippen molar-refractivity contribution in [1.82, 2.24) is 5.32 Å². The molecule has 2 amide bonds. The van der Waals surface area contributed by atoms with Crippen LogP contribution in [-0.4, -0.2) is 31.1 Å². The van der Waals surface area contributed by atoms with Crippen molar-refractivity contribution in [3.63, 3.8) is 0 Å². The number of amides is 2. The fraction of sp³-hybridized carbons (Fsp3) is 0.600. The highest BCUT2D eigenvalue weighted by Crippen LogP contribution is 2.18. The molecule has 25 heavy (non-hydrogen) atoms. The largest absolute Gasteiger partial charge is 0.376 e. The van der Waals surface area contributed by atoms with E-state index >= 15 is 0 Å². The second kappa shape index (κ2) is 9.56. The van der Waals surface area contributed by atoms with E-state index in [2.05, 4.69) is 24.5 Å². The van der Waals surface area contributed by atoms with Crippen LogP contribution < -0.4 is 10.6 Å². The van der Waals surface area contributed by atoms with Gasteiger partial charge in [-0.1, -0.05) is 32.9 Å². The van der Waals surface area contributed by atoms with Gasteiger partial charge in [0.25, 0.3) is 0 Å². The molecule has 5 nitrogen and oxygen atoms in total. The number of nitrogens with one attached hydrogen (secondary N) is 2. The van der Waals surface area contributed by atoms with Gasteiger partial charge < -0.3 is 15.4 Å². The molecule has 1 aliphatic heterocycles. The van der Waals surface area contributed by atoms with Crippen LogP contribution in [0.5, 0.6) is 0 Å². The summed E-state index contributed by atoms with van der Waals surface area (Å²) in [6.07, 6.45) is 2.91. The zero-order chi connectivity index (χ0) is 18.2.